The molecule has 0 heterocycles. The summed E-state index contributed by atoms with van der Waals surface area (Å²) < 4.78 is 4.79. The normalized spacial score (nSPS) is 9.42. The highest BCUT2D eigenvalue weighted by Crippen LogP contribution is 1.99. The van der Waals surface area contributed by atoms with Crippen LogP contribution in [0.2, 0.25) is 0 Å². The van der Waals surface area contributed by atoms with E-state index in [2.05, 4.69) is 6.07 Å². The molecule has 0 atom stereocenters. The van der Waals surface area contributed by atoms with Gasteiger partial charge >= 0.3 is 5.97 Å². The Bertz CT molecular complexity index is 241. The summed E-state index contributed by atoms with van der Waals surface area (Å²) in [5.41, 5.74) is 0.871. The van der Waals surface area contributed by atoms with Gasteiger partial charge in [0.2, 0.25) is 0 Å². The minimum atomic E-state index is -0.194. The topological polar surface area (TPSA) is 26.3 Å². The third-order valence-corrected chi connectivity index (χ3v) is 1.41. The number of hydrogen-bond donors (Lipinski definition) is 0. The van der Waals surface area contributed by atoms with Gasteiger partial charge in [-0.2, -0.15) is 0 Å². The number of hydrogen-bond acceptors (Lipinski definition) is 2. The molecule has 0 aromatic heterocycles. The predicted molar refractivity (Wildman–Crippen MR) is 45.6 cm³/mol. The number of rotatable bonds is 3. The molecule has 2 heteroatoms. The van der Waals surface area contributed by atoms with Gasteiger partial charge in [0.15, 0.2) is 0 Å². The maximum absolute atomic E-state index is 11.0. The second kappa shape index (κ2) is 4.54. The lowest BCUT2D eigenvalue weighted by Crippen LogP contribution is -2.07. The van der Waals surface area contributed by atoms with E-state index in [1.54, 1.807) is 13.0 Å². The molecule has 63 valence electrons. The van der Waals surface area contributed by atoms with Crippen LogP contribution in [-0.4, -0.2) is 12.6 Å². The fourth-order valence-electron chi connectivity index (χ4n) is 0.908. The summed E-state index contributed by atoms with van der Waals surface area (Å²) in [6.45, 7) is 2.23. The lowest BCUT2D eigenvalue weighted by atomic mass is 10.2. The van der Waals surface area contributed by atoms with Gasteiger partial charge in [0.05, 0.1) is 13.0 Å². The molecular weight excluding hydrogens is 152 g/mol. The van der Waals surface area contributed by atoms with Crippen molar-refractivity contribution < 1.29 is 9.53 Å². The molecule has 0 unspecified atom stereocenters. The van der Waals surface area contributed by atoms with Crippen molar-refractivity contribution in [1.82, 2.24) is 0 Å². The number of carbonyl (C=O) groups excluding carboxylic acids is 1. The van der Waals surface area contributed by atoms with Gasteiger partial charge in [0.1, 0.15) is 0 Å². The molecular formula is C10H11O2. The smallest absolute Gasteiger partial charge is 0.310 e. The van der Waals surface area contributed by atoms with Gasteiger partial charge in [-0.05, 0) is 18.6 Å². The van der Waals surface area contributed by atoms with E-state index in [-0.39, 0.29) is 5.97 Å². The molecule has 0 bridgehead atoms. The van der Waals surface area contributed by atoms with E-state index in [9.17, 15) is 4.79 Å². The molecule has 1 aromatic rings. The van der Waals surface area contributed by atoms with Crippen LogP contribution in [0.25, 0.3) is 0 Å². The van der Waals surface area contributed by atoms with Crippen molar-refractivity contribution >= 4 is 5.97 Å². The van der Waals surface area contributed by atoms with Crippen LogP contribution in [0.5, 0.6) is 0 Å². The van der Waals surface area contributed by atoms with Crippen LogP contribution in [0.4, 0.5) is 0 Å². The maximum atomic E-state index is 11.0. The van der Waals surface area contributed by atoms with E-state index in [1.165, 1.54) is 0 Å². The molecule has 0 fully saturated rings. The average molecular weight is 163 g/mol. The van der Waals surface area contributed by atoms with Crippen molar-refractivity contribution in [3.05, 3.63) is 35.9 Å². The van der Waals surface area contributed by atoms with Crippen LogP contribution < -0.4 is 0 Å². The number of ether oxygens (including phenoxy) is 1. The standard InChI is InChI=1S/C10H11O2/c1-2-12-10(11)8-9-6-4-3-5-7-9/h3-6H,2,8H2,1H3. The highest BCUT2D eigenvalue weighted by atomic mass is 16.5. The van der Waals surface area contributed by atoms with E-state index in [0.29, 0.717) is 13.0 Å². The van der Waals surface area contributed by atoms with Gasteiger partial charge in [-0.1, -0.05) is 24.3 Å². The molecule has 1 aromatic carbocycles. The quantitative estimate of drug-likeness (QED) is 0.632. The zero-order valence-corrected chi connectivity index (χ0v) is 7.04. The van der Waals surface area contributed by atoms with Gasteiger partial charge in [-0.15, -0.1) is 0 Å². The summed E-state index contributed by atoms with van der Waals surface area (Å²) in [4.78, 5) is 11.0. The molecule has 0 aliphatic carbocycles. The first-order chi connectivity index (χ1) is 5.83. The van der Waals surface area contributed by atoms with Gasteiger partial charge in [0.25, 0.3) is 0 Å². The lowest BCUT2D eigenvalue weighted by Gasteiger charge is -2.00. The molecule has 0 saturated carbocycles. The average Bonchev–Trinajstić information content (AvgIpc) is 2.06. The van der Waals surface area contributed by atoms with Crippen LogP contribution in [0.3, 0.4) is 0 Å². The molecule has 0 N–H and O–H groups in total. The van der Waals surface area contributed by atoms with Crippen molar-refractivity contribution in [2.24, 2.45) is 0 Å². The molecule has 2 nitrogen and oxygen atoms in total. The molecule has 0 saturated heterocycles. The summed E-state index contributed by atoms with van der Waals surface area (Å²) in [5.74, 6) is -0.194. The Hall–Kier alpha value is -1.31. The second-order valence-corrected chi connectivity index (χ2v) is 2.37. The number of carbonyl (C=O) groups is 1. The van der Waals surface area contributed by atoms with Crippen molar-refractivity contribution in [2.75, 3.05) is 6.61 Å². The fourth-order valence-corrected chi connectivity index (χ4v) is 0.908. The number of esters is 1. The van der Waals surface area contributed by atoms with Crippen LogP contribution in [0, 0.1) is 6.07 Å². The summed E-state index contributed by atoms with van der Waals surface area (Å²) >= 11 is 0. The second-order valence-electron chi connectivity index (χ2n) is 2.37. The van der Waals surface area contributed by atoms with Crippen molar-refractivity contribution in [2.45, 2.75) is 13.3 Å². The Morgan fingerprint density at radius 1 is 1.58 bits per heavy atom. The molecule has 1 rings (SSSR count). The lowest BCUT2D eigenvalue weighted by molar-refractivity contribution is -0.142. The van der Waals surface area contributed by atoms with E-state index >= 15 is 0 Å². The Balaban J connectivity index is 2.47. The first-order valence-corrected chi connectivity index (χ1v) is 3.94. The zero-order chi connectivity index (χ0) is 8.81. The summed E-state index contributed by atoms with van der Waals surface area (Å²) in [7, 11) is 0. The third-order valence-electron chi connectivity index (χ3n) is 1.41. The van der Waals surface area contributed by atoms with Gasteiger partial charge in [0, 0.05) is 0 Å². The van der Waals surface area contributed by atoms with E-state index in [1.807, 2.05) is 18.2 Å². The molecule has 1 radical (unpaired) electrons. The molecule has 0 amide bonds. The van der Waals surface area contributed by atoms with Crippen molar-refractivity contribution in [3.63, 3.8) is 0 Å². The fraction of sp³-hybridized carbons (Fsp3) is 0.300. The first kappa shape index (κ1) is 8.78. The van der Waals surface area contributed by atoms with Gasteiger partial charge < -0.3 is 4.74 Å². The monoisotopic (exact) mass is 163 g/mol. The maximum Gasteiger partial charge on any atom is 0.310 e. The molecule has 0 aliphatic rings. The van der Waals surface area contributed by atoms with Crippen LogP contribution >= 0.6 is 0 Å². The highest BCUT2D eigenvalue weighted by molar-refractivity contribution is 5.72. The summed E-state index contributed by atoms with van der Waals surface area (Å²) in [6.07, 6.45) is 0.314. The molecule has 0 spiro atoms. The Morgan fingerprint density at radius 3 is 3.00 bits per heavy atom. The van der Waals surface area contributed by atoms with E-state index < -0.39 is 0 Å². The zero-order valence-electron chi connectivity index (χ0n) is 7.04. The third kappa shape index (κ3) is 2.74. The Morgan fingerprint density at radius 2 is 2.42 bits per heavy atom. The highest BCUT2D eigenvalue weighted by Gasteiger charge is 2.01. The van der Waals surface area contributed by atoms with Gasteiger partial charge in [-0.25, -0.2) is 0 Å². The largest absolute Gasteiger partial charge is 0.466 e. The van der Waals surface area contributed by atoms with Crippen molar-refractivity contribution in [3.8, 4) is 0 Å². The Labute approximate surface area is 72.2 Å². The summed E-state index contributed by atoms with van der Waals surface area (Å²) in [6, 6.07) is 10.4. The van der Waals surface area contributed by atoms with Crippen LogP contribution in [-0.2, 0) is 16.0 Å². The van der Waals surface area contributed by atoms with E-state index in [0.717, 1.165) is 5.56 Å². The summed E-state index contributed by atoms with van der Waals surface area (Å²) in [5, 5.41) is 0. The minimum Gasteiger partial charge on any atom is -0.466 e. The SMILES string of the molecule is CCOC(=O)Cc1[c]cccc1. The Kier molecular flexibility index (Phi) is 3.33. The minimum absolute atomic E-state index is 0.194. The first-order valence-electron chi connectivity index (χ1n) is 3.94. The predicted octanol–water partition coefficient (Wildman–Crippen LogP) is 1.59. The number of benzene rings is 1. The van der Waals surface area contributed by atoms with Crippen molar-refractivity contribution in [1.29, 1.82) is 0 Å². The van der Waals surface area contributed by atoms with Crippen LogP contribution in [0.15, 0.2) is 24.3 Å². The van der Waals surface area contributed by atoms with Gasteiger partial charge in [-0.3, -0.25) is 4.79 Å². The van der Waals surface area contributed by atoms with E-state index in [4.69, 9.17) is 4.74 Å². The molecule has 12 heavy (non-hydrogen) atoms. The molecule has 0 aliphatic heterocycles. The van der Waals surface area contributed by atoms with Crippen LogP contribution in [0.1, 0.15) is 12.5 Å².